The monoisotopic (exact) mass is 226 g/mol. The number of nitrogens with two attached hydrogens (primary N) is 1. The van der Waals surface area contributed by atoms with Crippen molar-refractivity contribution in [3.05, 3.63) is 0 Å². The van der Waals surface area contributed by atoms with Crippen molar-refractivity contribution in [1.82, 2.24) is 0 Å². The van der Waals surface area contributed by atoms with Crippen LogP contribution >= 0.6 is 0 Å². The van der Waals surface area contributed by atoms with Crippen molar-refractivity contribution in [2.45, 2.75) is 18.7 Å². The Morgan fingerprint density at radius 3 is 2.67 bits per heavy atom. The molecular formula is C8H13F3N2O2. The number of hydrogen-bond acceptors (Lipinski definition) is 3. The fraction of sp³-hybridized carbons (Fsp3) is 0.875. The summed E-state index contributed by atoms with van der Waals surface area (Å²) in [7, 11) is 0. The zero-order valence-corrected chi connectivity index (χ0v) is 8.01. The fourth-order valence-corrected chi connectivity index (χ4v) is 1.24. The van der Waals surface area contributed by atoms with Crippen LogP contribution in [0.25, 0.3) is 0 Å². The van der Waals surface area contributed by atoms with E-state index in [2.05, 4.69) is 0 Å². The number of nitrogens with one attached hydrogen (secondary N) is 1. The van der Waals surface area contributed by atoms with Crippen molar-refractivity contribution >= 4 is 5.84 Å². The van der Waals surface area contributed by atoms with Gasteiger partial charge in [0.15, 0.2) is 0 Å². The molecule has 0 saturated carbocycles. The van der Waals surface area contributed by atoms with Gasteiger partial charge in [0.05, 0.1) is 19.3 Å². The molecule has 0 amide bonds. The van der Waals surface area contributed by atoms with Crippen molar-refractivity contribution in [3.63, 3.8) is 0 Å². The van der Waals surface area contributed by atoms with Gasteiger partial charge in [0.1, 0.15) is 11.8 Å². The molecule has 0 spiro atoms. The van der Waals surface area contributed by atoms with Gasteiger partial charge in [-0.2, -0.15) is 13.2 Å². The van der Waals surface area contributed by atoms with Crippen LogP contribution in [0.1, 0.15) is 6.42 Å². The van der Waals surface area contributed by atoms with Crippen molar-refractivity contribution < 1.29 is 22.6 Å². The van der Waals surface area contributed by atoms with Crippen LogP contribution in [0.3, 0.4) is 0 Å². The second-order valence-electron chi connectivity index (χ2n) is 3.37. The van der Waals surface area contributed by atoms with E-state index in [1.165, 1.54) is 0 Å². The molecule has 1 fully saturated rings. The van der Waals surface area contributed by atoms with Crippen molar-refractivity contribution in [1.29, 1.82) is 5.41 Å². The predicted octanol–water partition coefficient (Wildman–Crippen LogP) is 0.906. The number of amidine groups is 1. The lowest BCUT2D eigenvalue weighted by atomic mass is 10.1. The molecule has 15 heavy (non-hydrogen) atoms. The van der Waals surface area contributed by atoms with Crippen LogP contribution in [0, 0.1) is 11.3 Å². The summed E-state index contributed by atoms with van der Waals surface area (Å²) >= 11 is 0. The predicted molar refractivity (Wildman–Crippen MR) is 46.6 cm³/mol. The van der Waals surface area contributed by atoms with Gasteiger partial charge in [-0.05, 0) is 6.42 Å². The van der Waals surface area contributed by atoms with E-state index in [0.717, 1.165) is 0 Å². The van der Waals surface area contributed by atoms with Crippen LogP contribution in [0.2, 0.25) is 0 Å². The standard InChI is InChI=1S/C8H13F3N2O2/c9-8(10,11)6(7(12)13)4-15-5-1-2-14-3-5/h5-6H,1-4H2,(H3,12,13). The van der Waals surface area contributed by atoms with Crippen LogP contribution < -0.4 is 5.73 Å². The average Bonchev–Trinajstić information content (AvgIpc) is 2.53. The summed E-state index contributed by atoms with van der Waals surface area (Å²) in [5.74, 6) is -2.93. The third-order valence-corrected chi connectivity index (χ3v) is 2.16. The Kier molecular flexibility index (Phi) is 3.92. The van der Waals surface area contributed by atoms with Crippen LogP contribution in [0.15, 0.2) is 0 Å². The quantitative estimate of drug-likeness (QED) is 0.553. The summed E-state index contributed by atoms with van der Waals surface area (Å²) in [6, 6.07) is 0. The van der Waals surface area contributed by atoms with Crippen molar-refractivity contribution in [3.8, 4) is 0 Å². The van der Waals surface area contributed by atoms with Gasteiger partial charge < -0.3 is 15.2 Å². The second-order valence-corrected chi connectivity index (χ2v) is 3.37. The molecular weight excluding hydrogens is 213 g/mol. The molecule has 0 aliphatic carbocycles. The molecule has 2 unspecified atom stereocenters. The summed E-state index contributed by atoms with van der Waals surface area (Å²) < 4.78 is 46.9. The molecule has 3 N–H and O–H groups in total. The summed E-state index contributed by atoms with van der Waals surface area (Å²) in [5, 5.41) is 6.83. The molecule has 0 aromatic rings. The third kappa shape index (κ3) is 3.67. The maximum absolute atomic E-state index is 12.3. The van der Waals surface area contributed by atoms with E-state index >= 15 is 0 Å². The highest BCUT2D eigenvalue weighted by atomic mass is 19.4. The van der Waals surface area contributed by atoms with E-state index in [0.29, 0.717) is 19.6 Å². The van der Waals surface area contributed by atoms with Crippen LogP contribution in [-0.2, 0) is 9.47 Å². The Morgan fingerprint density at radius 2 is 2.27 bits per heavy atom. The minimum atomic E-state index is -4.52. The lowest BCUT2D eigenvalue weighted by Crippen LogP contribution is -2.39. The van der Waals surface area contributed by atoms with Gasteiger partial charge in [-0.25, -0.2) is 0 Å². The Labute approximate surface area is 85.0 Å². The van der Waals surface area contributed by atoms with Crippen LogP contribution in [0.5, 0.6) is 0 Å². The van der Waals surface area contributed by atoms with Gasteiger partial charge in [0.2, 0.25) is 0 Å². The minimum Gasteiger partial charge on any atom is -0.387 e. The smallest absolute Gasteiger partial charge is 0.387 e. The molecule has 1 heterocycles. The molecule has 0 radical (unpaired) electrons. The Morgan fingerprint density at radius 1 is 1.60 bits per heavy atom. The van der Waals surface area contributed by atoms with Crippen molar-refractivity contribution in [2.75, 3.05) is 19.8 Å². The largest absolute Gasteiger partial charge is 0.400 e. The first-order chi connectivity index (χ1) is 6.91. The first-order valence-electron chi connectivity index (χ1n) is 4.51. The molecule has 1 rings (SSSR count). The maximum Gasteiger partial charge on any atom is 0.400 e. The summed E-state index contributed by atoms with van der Waals surface area (Å²) in [6.07, 6.45) is -4.25. The molecule has 0 aromatic carbocycles. The van der Waals surface area contributed by atoms with E-state index < -0.39 is 24.5 Å². The molecule has 0 aromatic heterocycles. The first-order valence-corrected chi connectivity index (χ1v) is 4.51. The molecule has 1 saturated heterocycles. The van der Waals surface area contributed by atoms with E-state index in [1.54, 1.807) is 0 Å². The van der Waals surface area contributed by atoms with Gasteiger partial charge in [-0.3, -0.25) is 5.41 Å². The lowest BCUT2D eigenvalue weighted by Gasteiger charge is -2.20. The normalized spacial score (nSPS) is 24.1. The van der Waals surface area contributed by atoms with E-state index in [4.69, 9.17) is 20.6 Å². The Bertz CT molecular complexity index is 226. The van der Waals surface area contributed by atoms with Crippen molar-refractivity contribution in [2.24, 2.45) is 11.7 Å². The third-order valence-electron chi connectivity index (χ3n) is 2.16. The first kappa shape index (κ1) is 12.3. The molecule has 4 nitrogen and oxygen atoms in total. The second kappa shape index (κ2) is 4.80. The lowest BCUT2D eigenvalue weighted by molar-refractivity contribution is -0.172. The maximum atomic E-state index is 12.3. The zero-order valence-electron chi connectivity index (χ0n) is 8.01. The molecule has 7 heteroatoms. The topological polar surface area (TPSA) is 68.3 Å². The van der Waals surface area contributed by atoms with Gasteiger partial charge >= 0.3 is 6.18 Å². The summed E-state index contributed by atoms with van der Waals surface area (Å²) in [4.78, 5) is 0. The fourth-order valence-electron chi connectivity index (χ4n) is 1.24. The highest BCUT2D eigenvalue weighted by Crippen LogP contribution is 2.27. The van der Waals surface area contributed by atoms with Crippen LogP contribution in [-0.4, -0.2) is 37.9 Å². The van der Waals surface area contributed by atoms with E-state index in [9.17, 15) is 13.2 Å². The number of ether oxygens (including phenoxy) is 2. The average molecular weight is 226 g/mol. The number of halogens is 3. The SMILES string of the molecule is N=C(N)C(COC1CCOC1)C(F)(F)F. The van der Waals surface area contributed by atoms with E-state index in [-0.39, 0.29) is 6.10 Å². The van der Waals surface area contributed by atoms with Gasteiger partial charge in [0.25, 0.3) is 0 Å². The summed E-state index contributed by atoms with van der Waals surface area (Å²) in [6.45, 7) is 0.205. The van der Waals surface area contributed by atoms with Gasteiger partial charge in [-0.15, -0.1) is 0 Å². The molecule has 2 atom stereocenters. The number of rotatable bonds is 4. The Balaban J connectivity index is 2.41. The molecule has 0 bridgehead atoms. The van der Waals surface area contributed by atoms with E-state index in [1.807, 2.05) is 0 Å². The van der Waals surface area contributed by atoms with Gasteiger partial charge in [-0.1, -0.05) is 0 Å². The summed E-state index contributed by atoms with van der Waals surface area (Å²) in [5.41, 5.74) is 4.86. The molecule has 88 valence electrons. The minimum absolute atomic E-state index is 0.308. The highest BCUT2D eigenvalue weighted by Gasteiger charge is 2.42. The Hall–Kier alpha value is -0.820. The number of hydrogen-bond donors (Lipinski definition) is 2. The number of alkyl halides is 3. The molecule has 1 aliphatic rings. The highest BCUT2D eigenvalue weighted by molar-refractivity contribution is 5.80. The van der Waals surface area contributed by atoms with Crippen LogP contribution in [0.4, 0.5) is 13.2 Å². The van der Waals surface area contributed by atoms with Gasteiger partial charge in [0, 0.05) is 6.61 Å². The molecule has 1 aliphatic heterocycles. The zero-order chi connectivity index (χ0) is 11.5.